The molecule has 0 fully saturated rings. The van der Waals surface area contributed by atoms with Crippen molar-refractivity contribution in [1.82, 2.24) is 0 Å². The molecule has 19 heavy (non-hydrogen) atoms. The summed E-state index contributed by atoms with van der Waals surface area (Å²) < 4.78 is 0.802. The second kappa shape index (κ2) is 6.08. The van der Waals surface area contributed by atoms with Crippen LogP contribution >= 0.6 is 39.1 Å². The van der Waals surface area contributed by atoms with E-state index >= 15 is 0 Å². The molecule has 0 heterocycles. The molecule has 0 saturated heterocycles. The van der Waals surface area contributed by atoms with Gasteiger partial charge >= 0.3 is 0 Å². The SMILES string of the molecule is Cc1ccc(C(=O)Cc2cccc(Cl)c2Cl)c(Br)c1. The molecule has 0 N–H and O–H groups in total. The maximum absolute atomic E-state index is 12.3. The molecular formula is C15H11BrCl2O. The summed E-state index contributed by atoms with van der Waals surface area (Å²) in [7, 11) is 0. The zero-order valence-electron chi connectivity index (χ0n) is 10.2. The minimum absolute atomic E-state index is 0.0102. The van der Waals surface area contributed by atoms with Crippen molar-refractivity contribution < 1.29 is 4.79 Å². The van der Waals surface area contributed by atoms with Gasteiger partial charge in [-0.25, -0.2) is 0 Å². The number of Topliss-reactive ketones (excluding diaryl/α,β-unsaturated/α-hetero) is 1. The first kappa shape index (κ1) is 14.6. The molecule has 2 aromatic carbocycles. The molecular weight excluding hydrogens is 347 g/mol. The molecule has 2 aromatic rings. The van der Waals surface area contributed by atoms with Gasteiger partial charge in [-0.2, -0.15) is 0 Å². The summed E-state index contributed by atoms with van der Waals surface area (Å²) in [5.41, 5.74) is 2.50. The molecule has 2 rings (SSSR count). The number of carbonyl (C=O) groups excluding carboxylic acids is 1. The van der Waals surface area contributed by atoms with Crippen LogP contribution in [0.15, 0.2) is 40.9 Å². The highest BCUT2D eigenvalue weighted by molar-refractivity contribution is 9.10. The number of carbonyl (C=O) groups is 1. The average Bonchev–Trinajstić information content (AvgIpc) is 2.34. The Morgan fingerprint density at radius 2 is 1.95 bits per heavy atom. The highest BCUT2D eigenvalue weighted by Crippen LogP contribution is 2.27. The Kier molecular flexibility index (Phi) is 4.67. The fraction of sp³-hybridized carbons (Fsp3) is 0.133. The van der Waals surface area contributed by atoms with Crippen LogP contribution in [0.2, 0.25) is 10.0 Å². The summed E-state index contributed by atoms with van der Waals surface area (Å²) in [5.74, 6) is 0.0102. The molecule has 4 heteroatoms. The number of ketones is 1. The average molecular weight is 358 g/mol. The van der Waals surface area contributed by atoms with E-state index in [1.807, 2.05) is 31.2 Å². The van der Waals surface area contributed by atoms with E-state index in [1.54, 1.807) is 12.1 Å². The zero-order chi connectivity index (χ0) is 14.0. The molecule has 0 atom stereocenters. The Morgan fingerprint density at radius 3 is 2.63 bits per heavy atom. The fourth-order valence-corrected chi connectivity index (χ4v) is 2.90. The summed E-state index contributed by atoms with van der Waals surface area (Å²) >= 11 is 15.5. The molecule has 0 radical (unpaired) electrons. The van der Waals surface area contributed by atoms with E-state index in [0.717, 1.165) is 15.6 Å². The minimum Gasteiger partial charge on any atom is -0.294 e. The van der Waals surface area contributed by atoms with Gasteiger partial charge in [0.2, 0.25) is 0 Å². The molecule has 0 spiro atoms. The summed E-state index contributed by atoms with van der Waals surface area (Å²) in [5, 5.41) is 0.913. The third-order valence-electron chi connectivity index (χ3n) is 2.81. The van der Waals surface area contributed by atoms with E-state index in [0.29, 0.717) is 15.6 Å². The van der Waals surface area contributed by atoms with Crippen LogP contribution in [0.5, 0.6) is 0 Å². The van der Waals surface area contributed by atoms with Crippen LogP contribution < -0.4 is 0 Å². The minimum atomic E-state index is 0.0102. The first-order valence-corrected chi connectivity index (χ1v) is 7.26. The van der Waals surface area contributed by atoms with Crippen LogP contribution in [0.1, 0.15) is 21.5 Å². The van der Waals surface area contributed by atoms with Gasteiger partial charge in [0, 0.05) is 16.5 Å². The highest BCUT2D eigenvalue weighted by Gasteiger charge is 2.13. The van der Waals surface area contributed by atoms with Crippen molar-refractivity contribution in [2.45, 2.75) is 13.3 Å². The number of halogens is 3. The molecule has 1 nitrogen and oxygen atoms in total. The molecule has 0 aromatic heterocycles. The van der Waals surface area contributed by atoms with E-state index in [1.165, 1.54) is 0 Å². The summed E-state index contributed by atoms with van der Waals surface area (Å²) in [6, 6.07) is 11.0. The fourth-order valence-electron chi connectivity index (χ4n) is 1.80. The van der Waals surface area contributed by atoms with Gasteiger partial charge in [-0.05, 0) is 36.2 Å². The Balaban J connectivity index is 2.28. The monoisotopic (exact) mass is 356 g/mol. The Bertz CT molecular complexity index is 638. The molecule has 0 amide bonds. The molecule has 0 bridgehead atoms. The normalized spacial score (nSPS) is 10.5. The maximum Gasteiger partial charge on any atom is 0.168 e. The van der Waals surface area contributed by atoms with E-state index < -0.39 is 0 Å². The van der Waals surface area contributed by atoms with Crippen LogP contribution in [-0.2, 0) is 6.42 Å². The van der Waals surface area contributed by atoms with Crippen molar-refractivity contribution in [2.24, 2.45) is 0 Å². The van der Waals surface area contributed by atoms with Crippen molar-refractivity contribution in [3.63, 3.8) is 0 Å². The standard InChI is InChI=1S/C15H11BrCl2O/c1-9-5-6-11(12(16)7-9)14(19)8-10-3-2-4-13(17)15(10)18/h2-7H,8H2,1H3. The number of benzene rings is 2. The smallest absolute Gasteiger partial charge is 0.168 e. The third-order valence-corrected chi connectivity index (χ3v) is 4.32. The molecule has 0 aliphatic rings. The lowest BCUT2D eigenvalue weighted by Crippen LogP contribution is -2.05. The van der Waals surface area contributed by atoms with Gasteiger partial charge < -0.3 is 0 Å². The molecule has 0 unspecified atom stereocenters. The molecule has 0 saturated carbocycles. The largest absolute Gasteiger partial charge is 0.294 e. The molecule has 0 aliphatic heterocycles. The van der Waals surface area contributed by atoms with E-state index in [4.69, 9.17) is 23.2 Å². The highest BCUT2D eigenvalue weighted by atomic mass is 79.9. The predicted molar refractivity (Wildman–Crippen MR) is 83.4 cm³/mol. The maximum atomic E-state index is 12.3. The number of hydrogen-bond acceptors (Lipinski definition) is 1. The van der Waals surface area contributed by atoms with Gasteiger partial charge in [0.1, 0.15) is 0 Å². The van der Waals surface area contributed by atoms with Crippen LogP contribution in [0.25, 0.3) is 0 Å². The third kappa shape index (κ3) is 3.38. The first-order valence-electron chi connectivity index (χ1n) is 5.71. The van der Waals surface area contributed by atoms with Crippen LogP contribution in [0.4, 0.5) is 0 Å². The quantitative estimate of drug-likeness (QED) is 0.664. The van der Waals surface area contributed by atoms with Gasteiger partial charge in [-0.15, -0.1) is 0 Å². The van der Waals surface area contributed by atoms with Gasteiger partial charge in [0.25, 0.3) is 0 Å². The lowest BCUT2D eigenvalue weighted by atomic mass is 10.0. The van der Waals surface area contributed by atoms with E-state index in [9.17, 15) is 4.79 Å². The predicted octanol–water partition coefficient (Wildman–Crippen LogP) is 5.49. The lowest BCUT2D eigenvalue weighted by molar-refractivity contribution is 0.0992. The van der Waals surface area contributed by atoms with Crippen molar-refractivity contribution >= 4 is 44.9 Å². The first-order chi connectivity index (χ1) is 8.99. The number of hydrogen-bond donors (Lipinski definition) is 0. The van der Waals surface area contributed by atoms with Crippen LogP contribution in [0.3, 0.4) is 0 Å². The van der Waals surface area contributed by atoms with Gasteiger partial charge in [0.15, 0.2) is 5.78 Å². The van der Waals surface area contributed by atoms with Crippen LogP contribution in [0, 0.1) is 6.92 Å². The number of rotatable bonds is 3. The van der Waals surface area contributed by atoms with Gasteiger partial charge in [-0.1, -0.05) is 57.3 Å². The Hall–Kier alpha value is -0.830. The Morgan fingerprint density at radius 1 is 1.21 bits per heavy atom. The van der Waals surface area contributed by atoms with Crippen molar-refractivity contribution in [3.8, 4) is 0 Å². The molecule has 98 valence electrons. The van der Waals surface area contributed by atoms with Crippen LogP contribution in [-0.4, -0.2) is 5.78 Å². The van der Waals surface area contributed by atoms with Crippen molar-refractivity contribution in [2.75, 3.05) is 0 Å². The second-order valence-electron chi connectivity index (χ2n) is 4.30. The van der Waals surface area contributed by atoms with E-state index in [2.05, 4.69) is 15.9 Å². The van der Waals surface area contributed by atoms with Gasteiger partial charge in [-0.3, -0.25) is 4.79 Å². The Labute approximate surface area is 130 Å². The summed E-state index contributed by atoms with van der Waals surface area (Å²) in [6.45, 7) is 1.98. The van der Waals surface area contributed by atoms with Crippen molar-refractivity contribution in [1.29, 1.82) is 0 Å². The van der Waals surface area contributed by atoms with Crippen molar-refractivity contribution in [3.05, 3.63) is 67.6 Å². The number of aryl methyl sites for hydroxylation is 1. The lowest BCUT2D eigenvalue weighted by Gasteiger charge is -2.07. The van der Waals surface area contributed by atoms with Gasteiger partial charge in [0.05, 0.1) is 10.0 Å². The summed E-state index contributed by atoms with van der Waals surface area (Å²) in [4.78, 5) is 12.3. The topological polar surface area (TPSA) is 17.1 Å². The van der Waals surface area contributed by atoms with E-state index in [-0.39, 0.29) is 12.2 Å². The zero-order valence-corrected chi connectivity index (χ0v) is 13.3. The summed E-state index contributed by atoms with van der Waals surface area (Å²) in [6.07, 6.45) is 0.237. The molecule has 0 aliphatic carbocycles. The second-order valence-corrected chi connectivity index (χ2v) is 5.94.